The number of halogens is 3. The van der Waals surface area contributed by atoms with Gasteiger partial charge in [-0.15, -0.1) is 0 Å². The number of nitrogens with zero attached hydrogens (tertiary/aromatic N) is 1. The minimum atomic E-state index is -0.780. The smallest absolute Gasteiger partial charge is 0.319 e. The first-order valence-corrected chi connectivity index (χ1v) is 12.8. The second-order valence-corrected chi connectivity index (χ2v) is 9.37. The van der Waals surface area contributed by atoms with Gasteiger partial charge in [-0.05, 0) is 47.9 Å². The van der Waals surface area contributed by atoms with Crippen LogP contribution in [0, 0.1) is 5.82 Å². The molecule has 5 N–H and O–H groups in total. The first kappa shape index (κ1) is 28.3. The van der Waals surface area contributed by atoms with Crippen LogP contribution in [-0.2, 0) is 16.1 Å². The number of H-pyrrole nitrogens is 2. The molecule has 0 saturated heterocycles. The fraction of sp³-hybridized carbons (Fsp3) is 0.222. The van der Waals surface area contributed by atoms with Gasteiger partial charge in [-0.1, -0.05) is 41.4 Å². The molecule has 0 aliphatic carbocycles. The Balaban J connectivity index is 1.47. The molecular formula is C27H26Cl2FN5O4. The molecule has 0 aliphatic rings. The lowest BCUT2D eigenvalue weighted by Gasteiger charge is -2.16. The number of aliphatic hydroxyl groups excluding tert-OH is 1. The zero-order valence-electron chi connectivity index (χ0n) is 20.9. The van der Waals surface area contributed by atoms with Crippen LogP contribution in [0.3, 0.4) is 0 Å². The van der Waals surface area contributed by atoms with E-state index in [0.717, 1.165) is 16.7 Å². The Morgan fingerprint density at radius 1 is 1.13 bits per heavy atom. The van der Waals surface area contributed by atoms with Crippen LogP contribution in [0.15, 0.2) is 54.9 Å². The summed E-state index contributed by atoms with van der Waals surface area (Å²) in [5.41, 5.74) is 4.44. The van der Waals surface area contributed by atoms with Gasteiger partial charge in [0.25, 0.3) is 5.91 Å². The quantitative estimate of drug-likeness (QED) is 0.166. The van der Waals surface area contributed by atoms with Gasteiger partial charge in [-0.25, -0.2) is 4.39 Å². The summed E-state index contributed by atoms with van der Waals surface area (Å²) in [7, 11) is 0. The van der Waals surface area contributed by atoms with Crippen molar-refractivity contribution in [2.75, 3.05) is 19.8 Å². The van der Waals surface area contributed by atoms with E-state index in [1.54, 1.807) is 31.5 Å². The van der Waals surface area contributed by atoms with Gasteiger partial charge in [0.15, 0.2) is 0 Å². The minimum Gasteiger partial charge on any atom is -0.465 e. The normalized spacial score (nSPS) is 11.8. The van der Waals surface area contributed by atoms with Crippen LogP contribution in [-0.4, -0.2) is 51.9 Å². The predicted molar refractivity (Wildman–Crippen MR) is 146 cm³/mol. The van der Waals surface area contributed by atoms with Crippen LogP contribution in [0.1, 0.15) is 34.6 Å². The number of aliphatic hydroxyl groups is 1. The number of benzene rings is 2. The highest BCUT2D eigenvalue weighted by atomic mass is 35.5. The van der Waals surface area contributed by atoms with E-state index >= 15 is 0 Å². The number of hydrogen-bond donors (Lipinski definition) is 5. The number of aromatic amines is 2. The van der Waals surface area contributed by atoms with E-state index in [4.69, 9.17) is 27.9 Å². The van der Waals surface area contributed by atoms with Gasteiger partial charge in [0.05, 0.1) is 42.7 Å². The lowest BCUT2D eigenvalue weighted by Crippen LogP contribution is -2.31. The number of carbonyl (C=O) groups is 2. The van der Waals surface area contributed by atoms with E-state index in [1.807, 2.05) is 12.1 Å². The summed E-state index contributed by atoms with van der Waals surface area (Å²) in [5, 5.41) is 23.0. The van der Waals surface area contributed by atoms with E-state index in [0.29, 0.717) is 35.0 Å². The Morgan fingerprint density at radius 3 is 2.67 bits per heavy atom. The Bertz CT molecular complexity index is 1470. The van der Waals surface area contributed by atoms with Crippen molar-refractivity contribution in [3.05, 3.63) is 87.5 Å². The molecule has 1 amide bonds. The van der Waals surface area contributed by atoms with Crippen LogP contribution in [0.25, 0.3) is 22.4 Å². The van der Waals surface area contributed by atoms with Gasteiger partial charge in [0.2, 0.25) is 0 Å². The SMILES string of the molecule is CCOC(=O)CNCc1ccc(-c2cn[nH]c2-c2c[nH]c(C(=O)NC(CO)c3ccc(F)c(Cl)c3)c2)cc1Cl. The van der Waals surface area contributed by atoms with Crippen LogP contribution in [0.5, 0.6) is 0 Å². The third-order valence-corrected chi connectivity index (χ3v) is 6.59. The molecule has 2 heterocycles. The highest BCUT2D eigenvalue weighted by Gasteiger charge is 2.19. The van der Waals surface area contributed by atoms with Crippen molar-refractivity contribution in [2.45, 2.75) is 19.5 Å². The van der Waals surface area contributed by atoms with Crippen molar-refractivity contribution >= 4 is 35.1 Å². The number of nitrogens with one attached hydrogen (secondary N) is 4. The van der Waals surface area contributed by atoms with E-state index in [1.165, 1.54) is 18.2 Å². The summed E-state index contributed by atoms with van der Waals surface area (Å²) in [6.45, 7) is 2.15. The lowest BCUT2D eigenvalue weighted by molar-refractivity contribution is -0.142. The van der Waals surface area contributed by atoms with Gasteiger partial charge in [0, 0.05) is 28.9 Å². The molecule has 0 saturated carbocycles. The van der Waals surface area contributed by atoms with Crippen LogP contribution < -0.4 is 10.6 Å². The fourth-order valence-electron chi connectivity index (χ4n) is 3.96. The Labute approximate surface area is 233 Å². The first-order chi connectivity index (χ1) is 18.8. The number of aromatic nitrogens is 3. The monoisotopic (exact) mass is 573 g/mol. The molecule has 4 aromatic rings. The van der Waals surface area contributed by atoms with Gasteiger partial charge in [-0.2, -0.15) is 5.10 Å². The molecule has 0 aliphatic heterocycles. The lowest BCUT2D eigenvalue weighted by atomic mass is 10.0. The molecule has 2 aromatic heterocycles. The average molecular weight is 574 g/mol. The number of ether oxygens (including phenoxy) is 1. The summed E-state index contributed by atoms with van der Waals surface area (Å²) in [4.78, 5) is 27.3. The largest absolute Gasteiger partial charge is 0.465 e. The molecular weight excluding hydrogens is 548 g/mol. The Kier molecular flexibility index (Phi) is 9.36. The maximum atomic E-state index is 13.5. The second-order valence-electron chi connectivity index (χ2n) is 8.56. The van der Waals surface area contributed by atoms with Crippen LogP contribution >= 0.6 is 23.2 Å². The van der Waals surface area contributed by atoms with Gasteiger partial charge in [-0.3, -0.25) is 14.7 Å². The standard InChI is InChI=1S/C27H26Cl2FN5O4/c1-2-39-25(37)13-31-10-17-4-3-15(7-20(17)28)19-12-33-35-26(19)18-9-23(32-11-18)27(38)34-24(14-36)16-5-6-22(30)21(29)8-16/h3-9,11-12,24,31-32,36H,2,10,13-14H2,1H3,(H,33,35)(H,34,38). The summed E-state index contributed by atoms with van der Waals surface area (Å²) in [6.07, 6.45) is 3.32. The first-order valence-electron chi connectivity index (χ1n) is 12.0. The topological polar surface area (TPSA) is 132 Å². The zero-order valence-corrected chi connectivity index (χ0v) is 22.4. The Hall–Kier alpha value is -3.70. The molecule has 2 aromatic carbocycles. The van der Waals surface area contributed by atoms with E-state index in [2.05, 4.69) is 25.8 Å². The average Bonchev–Trinajstić information content (AvgIpc) is 3.60. The van der Waals surface area contributed by atoms with Crippen molar-refractivity contribution in [3.63, 3.8) is 0 Å². The Morgan fingerprint density at radius 2 is 1.95 bits per heavy atom. The number of carbonyl (C=O) groups excluding carboxylic acids is 2. The van der Waals surface area contributed by atoms with Gasteiger partial charge in [0.1, 0.15) is 11.5 Å². The molecule has 1 unspecified atom stereocenters. The number of amides is 1. The van der Waals surface area contributed by atoms with Crippen LogP contribution in [0.4, 0.5) is 4.39 Å². The summed E-state index contributed by atoms with van der Waals surface area (Å²) in [6, 6.07) is 10.4. The van der Waals surface area contributed by atoms with E-state index < -0.39 is 24.4 Å². The van der Waals surface area contributed by atoms with Crippen molar-refractivity contribution < 1.29 is 23.8 Å². The molecule has 0 fully saturated rings. The van der Waals surface area contributed by atoms with Crippen molar-refractivity contribution in [3.8, 4) is 22.4 Å². The number of rotatable bonds is 11. The van der Waals surface area contributed by atoms with Gasteiger partial charge >= 0.3 is 5.97 Å². The minimum absolute atomic E-state index is 0.0812. The third kappa shape index (κ3) is 6.85. The summed E-state index contributed by atoms with van der Waals surface area (Å²) in [5.74, 6) is -1.39. The molecule has 204 valence electrons. The molecule has 0 spiro atoms. The van der Waals surface area contributed by atoms with E-state index in [-0.39, 0.29) is 23.2 Å². The molecule has 0 radical (unpaired) electrons. The van der Waals surface area contributed by atoms with Crippen molar-refractivity contribution in [1.29, 1.82) is 0 Å². The summed E-state index contributed by atoms with van der Waals surface area (Å²) >= 11 is 12.3. The molecule has 9 nitrogen and oxygen atoms in total. The highest BCUT2D eigenvalue weighted by Crippen LogP contribution is 2.33. The fourth-order valence-corrected chi connectivity index (χ4v) is 4.40. The third-order valence-electron chi connectivity index (χ3n) is 5.94. The van der Waals surface area contributed by atoms with Crippen molar-refractivity contribution in [1.82, 2.24) is 25.8 Å². The number of hydrogen-bond acceptors (Lipinski definition) is 6. The maximum Gasteiger partial charge on any atom is 0.319 e. The molecule has 4 rings (SSSR count). The molecule has 39 heavy (non-hydrogen) atoms. The molecule has 12 heteroatoms. The van der Waals surface area contributed by atoms with Crippen LogP contribution in [0.2, 0.25) is 10.0 Å². The zero-order chi connectivity index (χ0) is 27.9. The molecule has 0 bridgehead atoms. The summed E-state index contributed by atoms with van der Waals surface area (Å²) < 4.78 is 18.4. The maximum absolute atomic E-state index is 13.5. The van der Waals surface area contributed by atoms with Gasteiger partial charge < -0.3 is 25.5 Å². The number of esters is 1. The van der Waals surface area contributed by atoms with E-state index in [9.17, 15) is 19.1 Å². The predicted octanol–water partition coefficient (Wildman–Crippen LogP) is 4.63. The highest BCUT2D eigenvalue weighted by molar-refractivity contribution is 6.31. The van der Waals surface area contributed by atoms with Crippen molar-refractivity contribution in [2.24, 2.45) is 0 Å². The molecule has 1 atom stereocenters. The second kappa shape index (κ2) is 12.9.